The lowest BCUT2D eigenvalue weighted by atomic mass is 9.93. The van der Waals surface area contributed by atoms with E-state index in [0.29, 0.717) is 43.8 Å². The highest BCUT2D eigenvalue weighted by Gasteiger charge is 2.29. The first-order chi connectivity index (χ1) is 14.9. The van der Waals surface area contributed by atoms with Gasteiger partial charge in [0.25, 0.3) is 5.91 Å². The number of pyridine rings is 1. The molecular formula is C22H29N3O5S. The van der Waals surface area contributed by atoms with Crippen molar-refractivity contribution < 1.29 is 17.9 Å². The van der Waals surface area contributed by atoms with E-state index >= 15 is 0 Å². The predicted octanol–water partition coefficient (Wildman–Crippen LogP) is 2.34. The first-order valence-electron chi connectivity index (χ1n) is 11.0. The summed E-state index contributed by atoms with van der Waals surface area (Å²) in [5.74, 6) is -0.216. The predicted molar refractivity (Wildman–Crippen MR) is 118 cm³/mol. The van der Waals surface area contributed by atoms with Crippen molar-refractivity contribution >= 4 is 26.8 Å². The van der Waals surface area contributed by atoms with E-state index in [0.717, 1.165) is 25.7 Å². The van der Waals surface area contributed by atoms with Crippen LogP contribution in [0, 0.1) is 0 Å². The fourth-order valence-corrected chi connectivity index (χ4v) is 6.06. The van der Waals surface area contributed by atoms with Crippen molar-refractivity contribution in [2.75, 3.05) is 32.8 Å². The number of carbonyl (C=O) groups is 1. The molecule has 1 aliphatic heterocycles. The van der Waals surface area contributed by atoms with Crippen molar-refractivity contribution in [3.05, 3.63) is 40.2 Å². The summed E-state index contributed by atoms with van der Waals surface area (Å²) in [6.45, 7) is 3.79. The molecule has 9 heteroatoms. The summed E-state index contributed by atoms with van der Waals surface area (Å²) < 4.78 is 32.9. The van der Waals surface area contributed by atoms with Crippen molar-refractivity contribution in [1.29, 1.82) is 0 Å². The molecule has 0 spiro atoms. The summed E-state index contributed by atoms with van der Waals surface area (Å²) in [7, 11) is -3.72. The van der Waals surface area contributed by atoms with E-state index in [4.69, 9.17) is 4.74 Å². The maximum Gasteiger partial charge on any atom is 0.254 e. The molecule has 0 radical (unpaired) electrons. The van der Waals surface area contributed by atoms with Gasteiger partial charge in [0, 0.05) is 42.6 Å². The first kappa shape index (κ1) is 22.0. The zero-order valence-corrected chi connectivity index (χ0v) is 18.6. The number of aromatic nitrogens is 1. The van der Waals surface area contributed by atoms with Crippen LogP contribution in [-0.2, 0) is 14.8 Å². The van der Waals surface area contributed by atoms with Crippen molar-refractivity contribution in [2.24, 2.45) is 0 Å². The quantitative estimate of drug-likeness (QED) is 0.758. The number of fused-ring (bicyclic) bond motifs is 1. The van der Waals surface area contributed by atoms with Crippen LogP contribution in [0.15, 0.2) is 34.0 Å². The molecule has 1 saturated carbocycles. The van der Waals surface area contributed by atoms with Crippen molar-refractivity contribution in [2.45, 2.75) is 50.0 Å². The van der Waals surface area contributed by atoms with Gasteiger partial charge >= 0.3 is 0 Å². The number of hydrogen-bond acceptors (Lipinski definition) is 5. The van der Waals surface area contributed by atoms with Crippen LogP contribution in [0.2, 0.25) is 0 Å². The molecule has 2 aromatic rings. The van der Waals surface area contributed by atoms with Gasteiger partial charge in [-0.2, -0.15) is 4.31 Å². The van der Waals surface area contributed by atoms with Gasteiger partial charge in [-0.05, 0) is 38.0 Å². The van der Waals surface area contributed by atoms with Crippen molar-refractivity contribution in [3.8, 4) is 0 Å². The number of H-pyrrole nitrogens is 1. The van der Waals surface area contributed by atoms with Gasteiger partial charge in [0.1, 0.15) is 0 Å². The number of amides is 1. The number of nitrogens with zero attached hydrogens (tertiary/aromatic N) is 2. The molecule has 1 aromatic heterocycles. The number of ether oxygens (including phenoxy) is 1. The summed E-state index contributed by atoms with van der Waals surface area (Å²) in [6.07, 6.45) is 5.27. The van der Waals surface area contributed by atoms with Crippen LogP contribution in [0.25, 0.3) is 10.9 Å². The van der Waals surface area contributed by atoms with Crippen LogP contribution in [0.3, 0.4) is 0 Å². The second-order valence-electron chi connectivity index (χ2n) is 8.15. The van der Waals surface area contributed by atoms with Crippen molar-refractivity contribution in [1.82, 2.24) is 14.2 Å². The molecule has 0 atom stereocenters. The second kappa shape index (κ2) is 9.10. The highest BCUT2D eigenvalue weighted by molar-refractivity contribution is 7.89. The third-order valence-corrected chi connectivity index (χ3v) is 8.16. The molecule has 1 aliphatic carbocycles. The van der Waals surface area contributed by atoms with Gasteiger partial charge in [-0.25, -0.2) is 8.42 Å². The zero-order valence-electron chi connectivity index (χ0n) is 17.8. The molecule has 168 valence electrons. The number of sulfonamides is 1. The minimum absolute atomic E-state index is 0.115. The van der Waals surface area contributed by atoms with Gasteiger partial charge in [-0.1, -0.05) is 19.3 Å². The van der Waals surface area contributed by atoms with E-state index in [-0.39, 0.29) is 28.0 Å². The lowest BCUT2D eigenvalue weighted by Crippen LogP contribution is -2.41. The van der Waals surface area contributed by atoms with Crippen LogP contribution in [-0.4, -0.2) is 67.4 Å². The average Bonchev–Trinajstić information content (AvgIpc) is 2.80. The van der Waals surface area contributed by atoms with Gasteiger partial charge in [0.15, 0.2) is 0 Å². The Morgan fingerprint density at radius 2 is 1.87 bits per heavy atom. The smallest absolute Gasteiger partial charge is 0.254 e. The number of rotatable bonds is 5. The van der Waals surface area contributed by atoms with Crippen molar-refractivity contribution in [3.63, 3.8) is 0 Å². The average molecular weight is 448 g/mol. The fourth-order valence-electron chi connectivity index (χ4n) is 4.62. The van der Waals surface area contributed by atoms with E-state index in [1.54, 1.807) is 6.07 Å². The standard InChI is InChI=1S/C22H29N3O5S/c1-2-25(16-6-4-3-5-7-16)22(27)19-15-21(26)23-20-9-8-17(14-18(19)20)31(28,29)24-10-12-30-13-11-24/h8-9,14-16H,2-7,10-13H2,1H3,(H,23,26). The highest BCUT2D eigenvalue weighted by atomic mass is 32.2. The third kappa shape index (κ3) is 4.40. The van der Waals surface area contributed by atoms with E-state index in [1.165, 1.54) is 28.9 Å². The monoisotopic (exact) mass is 447 g/mol. The molecule has 31 heavy (non-hydrogen) atoms. The number of benzene rings is 1. The van der Waals surface area contributed by atoms with E-state index < -0.39 is 10.0 Å². The molecule has 8 nitrogen and oxygen atoms in total. The maximum atomic E-state index is 13.5. The van der Waals surface area contributed by atoms with Crippen LogP contribution >= 0.6 is 0 Å². The Kier molecular flexibility index (Phi) is 6.45. The first-order valence-corrected chi connectivity index (χ1v) is 12.4. The summed E-state index contributed by atoms with van der Waals surface area (Å²) in [5.41, 5.74) is 0.334. The zero-order chi connectivity index (χ0) is 22.0. The molecule has 1 saturated heterocycles. The Morgan fingerprint density at radius 3 is 2.55 bits per heavy atom. The lowest BCUT2D eigenvalue weighted by molar-refractivity contribution is 0.0649. The van der Waals surface area contributed by atoms with E-state index in [9.17, 15) is 18.0 Å². The Morgan fingerprint density at radius 1 is 1.16 bits per heavy atom. The van der Waals surface area contributed by atoms with Gasteiger partial charge in [0.2, 0.25) is 15.6 Å². The number of morpholine rings is 1. The SMILES string of the molecule is CCN(C(=O)c1cc(=O)[nH]c2ccc(S(=O)(=O)N3CCOCC3)cc12)C1CCCCC1. The molecular weight excluding hydrogens is 418 g/mol. The third-order valence-electron chi connectivity index (χ3n) is 6.27. The summed E-state index contributed by atoms with van der Waals surface area (Å²) in [6, 6.07) is 6.01. The molecule has 1 aromatic carbocycles. The summed E-state index contributed by atoms with van der Waals surface area (Å²) in [4.78, 5) is 30.4. The topological polar surface area (TPSA) is 99.8 Å². The molecule has 2 fully saturated rings. The fraction of sp³-hybridized carbons (Fsp3) is 0.545. The van der Waals surface area contributed by atoms with E-state index in [2.05, 4.69) is 4.98 Å². The minimum atomic E-state index is -3.72. The minimum Gasteiger partial charge on any atom is -0.379 e. The van der Waals surface area contributed by atoms with Crippen LogP contribution in [0.4, 0.5) is 0 Å². The molecule has 2 heterocycles. The highest BCUT2D eigenvalue weighted by Crippen LogP contribution is 2.27. The Bertz CT molecular complexity index is 1120. The molecule has 2 aliphatic rings. The van der Waals surface area contributed by atoms with Crippen LogP contribution in [0.1, 0.15) is 49.4 Å². The number of aromatic amines is 1. The van der Waals surface area contributed by atoms with Gasteiger partial charge < -0.3 is 14.6 Å². The number of hydrogen-bond donors (Lipinski definition) is 1. The Hall–Kier alpha value is -2.23. The van der Waals surface area contributed by atoms with Gasteiger partial charge in [0.05, 0.1) is 23.7 Å². The van der Waals surface area contributed by atoms with Crippen LogP contribution in [0.5, 0.6) is 0 Å². The molecule has 1 N–H and O–H groups in total. The Labute approximate surface area is 182 Å². The normalized spacial score (nSPS) is 18.9. The lowest BCUT2D eigenvalue weighted by Gasteiger charge is -2.34. The summed E-state index contributed by atoms with van der Waals surface area (Å²) in [5, 5.41) is 0.452. The van der Waals surface area contributed by atoms with Gasteiger partial charge in [-0.3, -0.25) is 9.59 Å². The van der Waals surface area contributed by atoms with Crippen LogP contribution < -0.4 is 5.56 Å². The maximum absolute atomic E-state index is 13.5. The number of nitrogens with one attached hydrogen (secondary N) is 1. The second-order valence-corrected chi connectivity index (χ2v) is 10.1. The van der Waals surface area contributed by atoms with Gasteiger partial charge in [-0.15, -0.1) is 0 Å². The summed E-state index contributed by atoms with van der Waals surface area (Å²) >= 11 is 0. The molecule has 1 amide bonds. The molecule has 4 rings (SSSR count). The number of carbonyl (C=O) groups excluding carboxylic acids is 1. The molecule has 0 unspecified atom stereocenters. The van der Waals surface area contributed by atoms with E-state index in [1.807, 2.05) is 11.8 Å². The molecule has 0 bridgehead atoms. The Balaban J connectivity index is 1.76. The largest absolute Gasteiger partial charge is 0.379 e.